The first-order valence-corrected chi connectivity index (χ1v) is 8.12. The summed E-state index contributed by atoms with van der Waals surface area (Å²) in [5, 5.41) is 6.29. The van der Waals surface area contributed by atoms with E-state index in [0.29, 0.717) is 25.0 Å². The minimum absolute atomic E-state index is 0.0354. The summed E-state index contributed by atoms with van der Waals surface area (Å²) >= 11 is 0. The fraction of sp³-hybridized carbons (Fsp3) is 0.750. The molecule has 1 heterocycles. The molecule has 1 saturated heterocycles. The molecule has 1 unspecified atom stereocenters. The number of guanidine groups is 1. The average Bonchev–Trinajstić information content (AvgIpc) is 3.05. The second-order valence-electron chi connectivity index (χ2n) is 5.71. The normalized spacial score (nSPS) is 17.8. The van der Waals surface area contributed by atoms with Crippen molar-refractivity contribution in [2.45, 2.75) is 12.8 Å². The summed E-state index contributed by atoms with van der Waals surface area (Å²) < 4.78 is 11.0. The van der Waals surface area contributed by atoms with Gasteiger partial charge >= 0.3 is 0 Å². The van der Waals surface area contributed by atoms with E-state index in [1.165, 1.54) is 4.90 Å². The number of hydrogen-bond acceptors (Lipinski definition) is 4. The van der Waals surface area contributed by atoms with Gasteiger partial charge in [-0.1, -0.05) is 6.08 Å². The Morgan fingerprint density at radius 3 is 2.96 bits per heavy atom. The number of rotatable bonds is 10. The van der Waals surface area contributed by atoms with Gasteiger partial charge in [-0.15, -0.1) is 6.58 Å². The number of carbonyl (C=O) groups excluding carboxylic acids is 1. The average molecular weight is 326 g/mol. The fourth-order valence-electron chi connectivity index (χ4n) is 1.98. The van der Waals surface area contributed by atoms with Crippen molar-refractivity contribution in [3.8, 4) is 0 Å². The van der Waals surface area contributed by atoms with Crippen molar-refractivity contribution in [2.75, 3.05) is 60.2 Å². The van der Waals surface area contributed by atoms with Crippen LogP contribution < -0.4 is 10.6 Å². The molecule has 1 aliphatic rings. The van der Waals surface area contributed by atoms with Crippen molar-refractivity contribution in [2.24, 2.45) is 10.9 Å². The molecule has 1 rings (SSSR count). The summed E-state index contributed by atoms with van der Waals surface area (Å²) in [6.07, 6.45) is 3.72. The summed E-state index contributed by atoms with van der Waals surface area (Å²) in [7, 11) is 3.43. The lowest BCUT2D eigenvalue weighted by atomic mass is 10.1. The summed E-state index contributed by atoms with van der Waals surface area (Å²) in [5.74, 6) is 1.13. The summed E-state index contributed by atoms with van der Waals surface area (Å²) in [6, 6.07) is 0. The lowest BCUT2D eigenvalue weighted by molar-refractivity contribution is -0.127. The summed E-state index contributed by atoms with van der Waals surface area (Å²) in [6.45, 7) is 8.27. The fourth-order valence-corrected chi connectivity index (χ4v) is 1.98. The Kier molecular flexibility index (Phi) is 10.1. The van der Waals surface area contributed by atoms with E-state index in [0.717, 1.165) is 39.2 Å². The molecule has 1 aliphatic heterocycles. The summed E-state index contributed by atoms with van der Waals surface area (Å²) in [5.41, 5.74) is 0. The van der Waals surface area contributed by atoms with Crippen molar-refractivity contribution in [1.29, 1.82) is 0 Å². The molecule has 1 fully saturated rings. The molecule has 0 aliphatic carbocycles. The highest BCUT2D eigenvalue weighted by atomic mass is 16.5. The van der Waals surface area contributed by atoms with Gasteiger partial charge in [-0.05, 0) is 12.8 Å². The van der Waals surface area contributed by atoms with Gasteiger partial charge in [0.1, 0.15) is 6.54 Å². The Bertz CT molecular complexity index is 380. The first-order valence-electron chi connectivity index (χ1n) is 8.12. The maximum Gasteiger partial charge on any atom is 0.243 e. The van der Waals surface area contributed by atoms with Gasteiger partial charge in [-0.3, -0.25) is 4.79 Å². The molecule has 7 heteroatoms. The van der Waals surface area contributed by atoms with Crippen LogP contribution in [0.5, 0.6) is 0 Å². The van der Waals surface area contributed by atoms with Gasteiger partial charge in [-0.2, -0.15) is 0 Å². The van der Waals surface area contributed by atoms with Crippen LogP contribution in [0.2, 0.25) is 0 Å². The molecule has 1 amide bonds. The quantitative estimate of drug-likeness (QED) is 0.260. The molecule has 2 N–H and O–H groups in total. The van der Waals surface area contributed by atoms with E-state index in [-0.39, 0.29) is 12.5 Å². The third-order valence-electron chi connectivity index (χ3n) is 3.42. The number of amides is 1. The predicted octanol–water partition coefficient (Wildman–Crippen LogP) is 0.239. The molecular formula is C16H30N4O3. The van der Waals surface area contributed by atoms with Crippen LogP contribution in [0, 0.1) is 5.92 Å². The van der Waals surface area contributed by atoms with E-state index >= 15 is 0 Å². The maximum atomic E-state index is 11.6. The Morgan fingerprint density at radius 2 is 2.30 bits per heavy atom. The molecule has 0 aromatic carbocycles. The molecule has 0 bridgehead atoms. The molecule has 0 spiro atoms. The van der Waals surface area contributed by atoms with E-state index in [4.69, 9.17) is 9.47 Å². The van der Waals surface area contributed by atoms with Crippen molar-refractivity contribution in [3.63, 3.8) is 0 Å². The smallest absolute Gasteiger partial charge is 0.243 e. The Labute approximate surface area is 139 Å². The molecule has 7 nitrogen and oxygen atoms in total. The Morgan fingerprint density at radius 1 is 1.48 bits per heavy atom. The molecule has 1 atom stereocenters. The Balaban J connectivity index is 2.17. The van der Waals surface area contributed by atoms with Gasteiger partial charge in [0, 0.05) is 46.3 Å². The number of ether oxygens (including phenoxy) is 2. The molecule has 23 heavy (non-hydrogen) atoms. The van der Waals surface area contributed by atoms with Crippen LogP contribution in [0.3, 0.4) is 0 Å². The lowest BCUT2D eigenvalue weighted by Gasteiger charge is -2.13. The first-order chi connectivity index (χ1) is 11.1. The molecule has 0 aromatic heterocycles. The Hall–Kier alpha value is -1.60. The third kappa shape index (κ3) is 9.20. The highest BCUT2D eigenvalue weighted by Crippen LogP contribution is 2.12. The zero-order chi connectivity index (χ0) is 16.9. The zero-order valence-corrected chi connectivity index (χ0v) is 14.3. The molecule has 132 valence electrons. The predicted molar refractivity (Wildman–Crippen MR) is 91.6 cm³/mol. The second kappa shape index (κ2) is 11.9. The number of likely N-dealkylation sites (N-methyl/N-ethyl adjacent to an activating group) is 1. The van der Waals surface area contributed by atoms with Crippen molar-refractivity contribution in [3.05, 3.63) is 12.7 Å². The van der Waals surface area contributed by atoms with Crippen molar-refractivity contribution < 1.29 is 14.3 Å². The number of nitrogens with one attached hydrogen (secondary N) is 2. The van der Waals surface area contributed by atoms with Crippen LogP contribution in [-0.2, 0) is 14.3 Å². The van der Waals surface area contributed by atoms with E-state index in [1.54, 1.807) is 20.2 Å². The van der Waals surface area contributed by atoms with E-state index in [1.807, 2.05) is 0 Å². The van der Waals surface area contributed by atoms with Crippen LogP contribution in [0.25, 0.3) is 0 Å². The highest BCUT2D eigenvalue weighted by Gasteiger charge is 2.15. The molecule has 0 aromatic rings. The van der Waals surface area contributed by atoms with Crippen LogP contribution in [-0.4, -0.2) is 76.9 Å². The molecular weight excluding hydrogens is 296 g/mol. The zero-order valence-electron chi connectivity index (χ0n) is 14.3. The van der Waals surface area contributed by atoms with Crippen molar-refractivity contribution >= 4 is 11.9 Å². The summed E-state index contributed by atoms with van der Waals surface area (Å²) in [4.78, 5) is 17.4. The van der Waals surface area contributed by atoms with Gasteiger partial charge in [0.2, 0.25) is 5.91 Å². The lowest BCUT2D eigenvalue weighted by Crippen LogP contribution is -2.39. The second-order valence-corrected chi connectivity index (χ2v) is 5.71. The minimum Gasteiger partial charge on any atom is -0.381 e. The molecule has 0 radical (unpaired) electrons. The van der Waals surface area contributed by atoms with Gasteiger partial charge < -0.3 is 25.0 Å². The van der Waals surface area contributed by atoms with E-state index in [9.17, 15) is 4.79 Å². The first kappa shape index (κ1) is 19.4. The van der Waals surface area contributed by atoms with E-state index < -0.39 is 0 Å². The number of aliphatic imine (C=N–C) groups is 1. The van der Waals surface area contributed by atoms with Crippen molar-refractivity contribution in [1.82, 2.24) is 15.5 Å². The van der Waals surface area contributed by atoms with Gasteiger partial charge in [0.25, 0.3) is 0 Å². The standard InChI is InChI=1S/C16H30N4O3/c1-4-7-17-16(19-11-15(21)20(2)3)18-8-5-9-22-12-14-6-10-23-13-14/h4,14H,1,5-13H2,2-3H3,(H2,17,18,19). The maximum absolute atomic E-state index is 11.6. The monoisotopic (exact) mass is 326 g/mol. The minimum atomic E-state index is -0.0354. The van der Waals surface area contributed by atoms with Crippen LogP contribution in [0.15, 0.2) is 17.6 Å². The third-order valence-corrected chi connectivity index (χ3v) is 3.42. The van der Waals surface area contributed by atoms with Crippen LogP contribution >= 0.6 is 0 Å². The number of carbonyl (C=O) groups is 1. The van der Waals surface area contributed by atoms with Gasteiger partial charge in [0.05, 0.1) is 13.2 Å². The van der Waals surface area contributed by atoms with Gasteiger partial charge in [0.15, 0.2) is 5.96 Å². The highest BCUT2D eigenvalue weighted by molar-refractivity contribution is 5.84. The number of hydrogen-bond donors (Lipinski definition) is 2. The van der Waals surface area contributed by atoms with Crippen LogP contribution in [0.1, 0.15) is 12.8 Å². The topological polar surface area (TPSA) is 75.2 Å². The number of nitrogens with zero attached hydrogens (tertiary/aromatic N) is 2. The SMILES string of the molecule is C=CCNC(=NCC(=O)N(C)C)NCCCOCC1CCOC1. The van der Waals surface area contributed by atoms with Crippen LogP contribution in [0.4, 0.5) is 0 Å². The van der Waals surface area contributed by atoms with E-state index in [2.05, 4.69) is 22.2 Å². The largest absolute Gasteiger partial charge is 0.381 e. The molecule has 0 saturated carbocycles. The van der Waals surface area contributed by atoms with Gasteiger partial charge in [-0.25, -0.2) is 4.99 Å².